The van der Waals surface area contributed by atoms with Crippen molar-refractivity contribution in [2.24, 2.45) is 4.99 Å². The molecule has 24 heavy (non-hydrogen) atoms. The van der Waals surface area contributed by atoms with Crippen molar-refractivity contribution >= 4 is 41.3 Å². The first-order chi connectivity index (χ1) is 11.2. The quantitative estimate of drug-likeness (QED) is 0.289. The average Bonchev–Trinajstić information content (AvgIpc) is 2.98. The van der Waals surface area contributed by atoms with Crippen molar-refractivity contribution in [2.75, 3.05) is 40.5 Å². The van der Waals surface area contributed by atoms with E-state index in [1.54, 1.807) is 18.4 Å². The molecule has 8 heteroatoms. The van der Waals surface area contributed by atoms with Crippen LogP contribution in [0.15, 0.2) is 10.5 Å². The number of piperidine rings is 1. The fourth-order valence-corrected chi connectivity index (χ4v) is 3.39. The highest BCUT2D eigenvalue weighted by Crippen LogP contribution is 2.15. The van der Waals surface area contributed by atoms with Crippen molar-refractivity contribution < 1.29 is 9.47 Å². The zero-order chi connectivity index (χ0) is 16.5. The van der Waals surface area contributed by atoms with Gasteiger partial charge in [0.05, 0.1) is 23.9 Å². The van der Waals surface area contributed by atoms with E-state index in [4.69, 9.17) is 9.47 Å². The molecule has 0 bridgehead atoms. The highest BCUT2D eigenvalue weighted by molar-refractivity contribution is 14.0. The molecule has 1 aliphatic rings. The molecule has 0 radical (unpaired) electrons. The van der Waals surface area contributed by atoms with Crippen LogP contribution in [0.1, 0.15) is 29.8 Å². The van der Waals surface area contributed by atoms with E-state index < -0.39 is 0 Å². The molecule has 0 aliphatic carbocycles. The fraction of sp³-hybridized carbons (Fsp3) is 0.750. The van der Waals surface area contributed by atoms with Crippen LogP contribution in [0.3, 0.4) is 0 Å². The molecule has 0 spiro atoms. The predicted octanol–water partition coefficient (Wildman–Crippen LogP) is 2.66. The van der Waals surface area contributed by atoms with Crippen molar-refractivity contribution in [1.29, 1.82) is 0 Å². The van der Waals surface area contributed by atoms with Crippen molar-refractivity contribution in [3.8, 4) is 0 Å². The van der Waals surface area contributed by atoms with Crippen molar-refractivity contribution in [1.82, 2.24) is 15.2 Å². The molecular weight excluding hydrogens is 439 g/mol. The lowest BCUT2D eigenvalue weighted by Gasteiger charge is -2.34. The van der Waals surface area contributed by atoms with Gasteiger partial charge in [-0.3, -0.25) is 4.99 Å². The Morgan fingerprint density at radius 2 is 2.17 bits per heavy atom. The van der Waals surface area contributed by atoms with Crippen LogP contribution in [0.5, 0.6) is 0 Å². The smallest absolute Gasteiger partial charge is 0.193 e. The Bertz CT molecular complexity index is 490. The van der Waals surface area contributed by atoms with Crippen LogP contribution in [0.25, 0.3) is 0 Å². The lowest BCUT2D eigenvalue weighted by atomic mass is 10.1. The van der Waals surface area contributed by atoms with E-state index in [0.29, 0.717) is 6.10 Å². The molecule has 1 saturated heterocycles. The minimum absolute atomic E-state index is 0. The van der Waals surface area contributed by atoms with E-state index in [2.05, 4.69) is 20.2 Å². The number of nitrogens with zero attached hydrogens (tertiary/aromatic N) is 3. The van der Waals surface area contributed by atoms with E-state index in [1.807, 2.05) is 19.5 Å². The average molecular weight is 468 g/mol. The third-order valence-electron chi connectivity index (χ3n) is 4.05. The third-order valence-corrected chi connectivity index (χ3v) is 4.99. The van der Waals surface area contributed by atoms with Gasteiger partial charge < -0.3 is 19.7 Å². The number of likely N-dealkylation sites (tertiary alicyclic amines) is 1. The predicted molar refractivity (Wildman–Crippen MR) is 110 cm³/mol. The van der Waals surface area contributed by atoms with Gasteiger partial charge in [0.15, 0.2) is 5.96 Å². The summed E-state index contributed by atoms with van der Waals surface area (Å²) in [6.07, 6.45) is 3.43. The number of aliphatic imine (C=N–C) groups is 1. The molecule has 0 saturated carbocycles. The van der Waals surface area contributed by atoms with E-state index in [-0.39, 0.29) is 24.0 Å². The van der Waals surface area contributed by atoms with Crippen molar-refractivity contribution in [3.05, 3.63) is 16.1 Å². The Balaban J connectivity index is 0.00000288. The fourth-order valence-electron chi connectivity index (χ4n) is 2.68. The molecule has 1 aliphatic heterocycles. The van der Waals surface area contributed by atoms with Gasteiger partial charge in [0.1, 0.15) is 0 Å². The number of aromatic nitrogens is 1. The molecule has 0 aromatic carbocycles. The maximum Gasteiger partial charge on any atom is 0.193 e. The summed E-state index contributed by atoms with van der Waals surface area (Å²) < 4.78 is 11.0. The molecule has 2 rings (SSSR count). The summed E-state index contributed by atoms with van der Waals surface area (Å²) in [5, 5.41) is 3.45. The van der Waals surface area contributed by atoms with E-state index in [9.17, 15) is 0 Å². The van der Waals surface area contributed by atoms with Crippen LogP contribution in [0.2, 0.25) is 0 Å². The minimum atomic E-state index is 0. The summed E-state index contributed by atoms with van der Waals surface area (Å²) in [4.78, 5) is 12.3. The lowest BCUT2D eigenvalue weighted by molar-refractivity contribution is 0.00990. The van der Waals surface area contributed by atoms with Gasteiger partial charge >= 0.3 is 0 Å². The zero-order valence-electron chi connectivity index (χ0n) is 14.8. The van der Waals surface area contributed by atoms with E-state index in [1.165, 1.54) is 4.88 Å². The molecule has 1 aromatic rings. The Morgan fingerprint density at radius 3 is 2.75 bits per heavy atom. The number of aryl methyl sites for hydroxylation is 1. The maximum atomic E-state index is 5.91. The van der Waals surface area contributed by atoms with Gasteiger partial charge in [0.25, 0.3) is 0 Å². The minimum Gasteiger partial charge on any atom is -0.385 e. The van der Waals surface area contributed by atoms with E-state index >= 15 is 0 Å². The first-order valence-electron chi connectivity index (χ1n) is 8.19. The number of rotatable bonds is 7. The topological polar surface area (TPSA) is 59.0 Å². The Kier molecular flexibility index (Phi) is 10.8. The van der Waals surface area contributed by atoms with Crippen LogP contribution >= 0.6 is 35.3 Å². The second-order valence-corrected chi connectivity index (χ2v) is 6.60. The SMILES string of the molecule is CN=C(NCc1scnc1C)N1CCC(OCCCOC)CC1.I. The molecule has 0 amide bonds. The second kappa shape index (κ2) is 12.0. The van der Waals surface area contributed by atoms with Crippen LogP contribution in [-0.2, 0) is 16.0 Å². The van der Waals surface area contributed by atoms with Crippen LogP contribution in [0.4, 0.5) is 0 Å². The number of guanidine groups is 1. The van der Waals surface area contributed by atoms with Crippen LogP contribution in [-0.4, -0.2) is 62.4 Å². The third kappa shape index (κ3) is 6.81. The zero-order valence-corrected chi connectivity index (χ0v) is 17.9. The highest BCUT2D eigenvalue weighted by atomic mass is 127. The number of halogens is 1. The largest absolute Gasteiger partial charge is 0.385 e. The first kappa shape index (κ1) is 21.6. The monoisotopic (exact) mass is 468 g/mol. The van der Waals surface area contributed by atoms with Gasteiger partial charge in [-0.15, -0.1) is 35.3 Å². The highest BCUT2D eigenvalue weighted by Gasteiger charge is 2.21. The van der Waals surface area contributed by atoms with Gasteiger partial charge in [-0.25, -0.2) is 4.98 Å². The Labute approximate surface area is 166 Å². The molecule has 138 valence electrons. The van der Waals surface area contributed by atoms with Crippen LogP contribution in [0, 0.1) is 6.92 Å². The molecule has 1 fully saturated rings. The molecule has 0 unspecified atom stereocenters. The maximum absolute atomic E-state index is 5.91. The van der Waals surface area contributed by atoms with Gasteiger partial charge in [0.2, 0.25) is 0 Å². The first-order valence-corrected chi connectivity index (χ1v) is 9.07. The second-order valence-electron chi connectivity index (χ2n) is 5.67. The Morgan fingerprint density at radius 1 is 1.42 bits per heavy atom. The number of methoxy groups -OCH3 is 1. The summed E-state index contributed by atoms with van der Waals surface area (Å²) >= 11 is 1.68. The molecule has 1 N–H and O–H groups in total. The summed E-state index contributed by atoms with van der Waals surface area (Å²) in [5.41, 5.74) is 2.99. The number of ether oxygens (including phenoxy) is 2. The number of hydrogen-bond acceptors (Lipinski definition) is 5. The van der Waals surface area contributed by atoms with Gasteiger partial charge in [0, 0.05) is 45.3 Å². The van der Waals surface area contributed by atoms with Crippen LogP contribution < -0.4 is 5.32 Å². The lowest BCUT2D eigenvalue weighted by Crippen LogP contribution is -2.46. The molecule has 1 aromatic heterocycles. The van der Waals surface area contributed by atoms with Gasteiger partial charge in [-0.1, -0.05) is 0 Å². The summed E-state index contributed by atoms with van der Waals surface area (Å²) in [6, 6.07) is 0. The molecule has 6 nitrogen and oxygen atoms in total. The number of hydrogen-bond donors (Lipinski definition) is 1. The molecule has 0 atom stereocenters. The summed E-state index contributed by atoms with van der Waals surface area (Å²) in [5.74, 6) is 0.968. The molecular formula is C16H29IN4O2S. The van der Waals surface area contributed by atoms with Crippen molar-refractivity contribution in [3.63, 3.8) is 0 Å². The Hall–Kier alpha value is -0.450. The standard InChI is InChI=1S/C16H28N4O2S.HI/c1-13-15(23-12-19-13)11-18-16(17-2)20-7-5-14(6-8-20)22-10-4-9-21-3;/h12,14H,4-11H2,1-3H3,(H,17,18);1H. The summed E-state index contributed by atoms with van der Waals surface area (Å²) in [7, 11) is 3.57. The van der Waals surface area contributed by atoms with Gasteiger partial charge in [-0.05, 0) is 26.2 Å². The number of thiazole rings is 1. The molecule has 2 heterocycles. The number of nitrogens with one attached hydrogen (secondary N) is 1. The van der Waals surface area contributed by atoms with Gasteiger partial charge in [-0.2, -0.15) is 0 Å². The normalized spacial score (nSPS) is 16.1. The summed E-state index contributed by atoms with van der Waals surface area (Å²) in [6.45, 7) is 6.36. The van der Waals surface area contributed by atoms with Crippen molar-refractivity contribution in [2.45, 2.75) is 38.8 Å². The van der Waals surface area contributed by atoms with E-state index in [0.717, 1.165) is 63.8 Å².